The Kier molecular flexibility index (Phi) is 8.87. The molecule has 1 aromatic rings. The fraction of sp³-hybridized carbons (Fsp3) is 0.714. The van der Waals surface area contributed by atoms with Gasteiger partial charge in [-0.2, -0.15) is 18.3 Å². The summed E-state index contributed by atoms with van der Waals surface area (Å²) in [5.74, 6) is -2.61. The molecule has 0 spiro atoms. The first-order valence-electron chi connectivity index (χ1n) is 10.9. The largest absolute Gasteiger partial charge is 0.490 e. The highest BCUT2D eigenvalue weighted by atomic mass is 19.4. The molecule has 1 amide bonds. The van der Waals surface area contributed by atoms with E-state index in [0.29, 0.717) is 26.1 Å². The van der Waals surface area contributed by atoms with Crippen LogP contribution in [0.1, 0.15) is 32.4 Å². The molecule has 33 heavy (non-hydrogen) atoms. The summed E-state index contributed by atoms with van der Waals surface area (Å²) in [5.41, 5.74) is 0.325. The summed E-state index contributed by atoms with van der Waals surface area (Å²) in [4.78, 5) is 38.8. The number of aliphatic carboxylic acids is 1. The summed E-state index contributed by atoms with van der Waals surface area (Å²) >= 11 is 0. The Hall–Kier alpha value is -2.63. The predicted octanol–water partition coefficient (Wildman–Crippen LogP) is 1.72. The van der Waals surface area contributed by atoms with E-state index in [1.165, 1.54) is 0 Å². The molecule has 12 heteroatoms. The smallest absolute Gasteiger partial charge is 0.475 e. The number of aryl methyl sites for hydroxylation is 1. The molecule has 0 saturated carbocycles. The van der Waals surface area contributed by atoms with E-state index in [1.54, 1.807) is 4.68 Å². The molecule has 0 aromatic carbocycles. The Morgan fingerprint density at radius 1 is 1.27 bits per heavy atom. The second kappa shape index (κ2) is 11.0. The van der Waals surface area contributed by atoms with Crippen molar-refractivity contribution in [2.24, 2.45) is 18.4 Å². The van der Waals surface area contributed by atoms with Crippen LogP contribution in [0.4, 0.5) is 13.2 Å². The number of carbonyl (C=O) groups is 3. The van der Waals surface area contributed by atoms with Gasteiger partial charge in [-0.15, -0.1) is 0 Å². The molecule has 0 aliphatic carbocycles. The molecule has 2 fully saturated rings. The number of likely N-dealkylation sites (tertiary alicyclic amines) is 2. The average molecular weight is 476 g/mol. The van der Waals surface area contributed by atoms with E-state index >= 15 is 0 Å². The highest BCUT2D eigenvalue weighted by Crippen LogP contribution is 2.43. The second-order valence-corrected chi connectivity index (χ2v) is 8.31. The number of carbonyl (C=O) groups excluding carboxylic acids is 2. The van der Waals surface area contributed by atoms with Crippen LogP contribution in [0.15, 0.2) is 12.3 Å². The number of halogens is 3. The van der Waals surface area contributed by atoms with E-state index in [0.717, 1.165) is 38.2 Å². The number of alkyl halides is 3. The van der Waals surface area contributed by atoms with E-state index < -0.39 is 17.6 Å². The highest BCUT2D eigenvalue weighted by Gasteiger charge is 2.54. The van der Waals surface area contributed by atoms with Gasteiger partial charge in [0.1, 0.15) is 0 Å². The van der Waals surface area contributed by atoms with Crippen molar-refractivity contribution in [3.8, 4) is 0 Å². The third kappa shape index (κ3) is 6.68. The molecule has 1 aromatic heterocycles. The Labute approximate surface area is 190 Å². The van der Waals surface area contributed by atoms with E-state index in [1.807, 2.05) is 31.1 Å². The molecule has 0 radical (unpaired) electrons. The molecule has 1 N–H and O–H groups in total. The minimum absolute atomic E-state index is 0.0834. The molecule has 2 aliphatic heterocycles. The van der Waals surface area contributed by atoms with Crippen molar-refractivity contribution in [3.05, 3.63) is 18.0 Å². The number of nitrogens with zero attached hydrogens (tertiary/aromatic N) is 4. The molecular weight excluding hydrogens is 445 g/mol. The van der Waals surface area contributed by atoms with Crippen LogP contribution in [-0.4, -0.2) is 88.0 Å². The van der Waals surface area contributed by atoms with E-state index in [9.17, 15) is 22.8 Å². The van der Waals surface area contributed by atoms with Gasteiger partial charge < -0.3 is 19.6 Å². The zero-order valence-electron chi connectivity index (χ0n) is 19.1. The van der Waals surface area contributed by atoms with Crippen LogP contribution in [0.25, 0.3) is 0 Å². The van der Waals surface area contributed by atoms with E-state index in [-0.39, 0.29) is 17.8 Å². The average Bonchev–Trinajstić information content (AvgIpc) is 3.25. The first kappa shape index (κ1) is 26.6. The molecule has 186 valence electrons. The maximum Gasteiger partial charge on any atom is 0.490 e. The number of amides is 1. The number of rotatable bonds is 5. The highest BCUT2D eigenvalue weighted by molar-refractivity contribution is 5.80. The van der Waals surface area contributed by atoms with Crippen molar-refractivity contribution >= 4 is 17.8 Å². The van der Waals surface area contributed by atoms with Gasteiger partial charge in [-0.1, -0.05) is 6.92 Å². The number of hydrogen-bond donors (Lipinski definition) is 1. The molecule has 9 nitrogen and oxygen atoms in total. The number of carboxylic acid groups (broad SMARTS) is 1. The van der Waals surface area contributed by atoms with Gasteiger partial charge in [0, 0.05) is 45.3 Å². The van der Waals surface area contributed by atoms with Crippen LogP contribution in [0.2, 0.25) is 0 Å². The first-order valence-corrected chi connectivity index (χ1v) is 10.9. The van der Waals surface area contributed by atoms with Gasteiger partial charge in [-0.3, -0.25) is 14.3 Å². The topological polar surface area (TPSA) is 105 Å². The summed E-state index contributed by atoms with van der Waals surface area (Å²) in [7, 11) is 1.85. The van der Waals surface area contributed by atoms with Gasteiger partial charge in [0.15, 0.2) is 0 Å². The molecule has 0 bridgehead atoms. The van der Waals surface area contributed by atoms with Crippen molar-refractivity contribution in [2.45, 2.75) is 39.3 Å². The number of fused-ring (bicyclic) bond motifs is 1. The minimum atomic E-state index is -5.08. The summed E-state index contributed by atoms with van der Waals surface area (Å²) in [5, 5.41) is 11.4. The fourth-order valence-corrected chi connectivity index (χ4v) is 4.44. The Morgan fingerprint density at radius 3 is 2.45 bits per heavy atom. The normalized spacial score (nSPS) is 23.2. The van der Waals surface area contributed by atoms with Crippen molar-refractivity contribution < 1.29 is 37.4 Å². The minimum Gasteiger partial charge on any atom is -0.475 e. The van der Waals surface area contributed by atoms with Crippen molar-refractivity contribution in [1.82, 2.24) is 19.6 Å². The van der Waals surface area contributed by atoms with Gasteiger partial charge in [0.25, 0.3) is 0 Å². The van der Waals surface area contributed by atoms with Crippen molar-refractivity contribution in [1.29, 1.82) is 0 Å². The Bertz CT molecular complexity index is 844. The summed E-state index contributed by atoms with van der Waals surface area (Å²) in [6, 6.07) is 1.88. The number of hydrogen-bond acceptors (Lipinski definition) is 6. The lowest BCUT2D eigenvalue weighted by molar-refractivity contribution is -0.192. The van der Waals surface area contributed by atoms with Crippen LogP contribution in [-0.2, 0) is 32.6 Å². The molecule has 2 saturated heterocycles. The van der Waals surface area contributed by atoms with Crippen LogP contribution >= 0.6 is 0 Å². The molecule has 3 heterocycles. The maximum absolute atomic E-state index is 12.8. The maximum atomic E-state index is 12.8. The third-order valence-electron chi connectivity index (χ3n) is 6.08. The molecule has 3 rings (SSSR count). The SMILES string of the molecule is CCOC(=O)[C@]12CCCN(C(=O)Cc3ccn(C)n3)C[C@H]1CN(CC)C2.O=C(O)C(F)(F)F. The zero-order valence-corrected chi connectivity index (χ0v) is 19.1. The lowest BCUT2D eigenvalue weighted by atomic mass is 9.75. The molecule has 2 atom stereocenters. The van der Waals surface area contributed by atoms with Gasteiger partial charge in [-0.25, -0.2) is 4.79 Å². The van der Waals surface area contributed by atoms with Gasteiger partial charge in [0.2, 0.25) is 5.91 Å². The molecule has 2 aliphatic rings. The standard InChI is InChI=1S/C19H30N4O3.C2HF3O2/c1-4-22-12-15-13-23(17(24)11-16-7-10-21(3)20-16)9-6-8-19(15,14-22)18(25)26-5-2;3-2(4,5)1(6)7/h7,10,15H,4-6,8-9,11-14H2,1-3H3;(H,6,7)/t15-,19+;/m1./s1. The third-order valence-corrected chi connectivity index (χ3v) is 6.08. The Balaban J connectivity index is 0.000000479. The summed E-state index contributed by atoms with van der Waals surface area (Å²) in [6.45, 7) is 8.22. The zero-order chi connectivity index (χ0) is 24.8. The number of esters is 1. The predicted molar refractivity (Wildman–Crippen MR) is 111 cm³/mol. The lowest BCUT2D eigenvalue weighted by Crippen LogP contribution is -2.43. The monoisotopic (exact) mass is 476 g/mol. The van der Waals surface area contributed by atoms with Gasteiger partial charge in [0.05, 0.1) is 24.1 Å². The quantitative estimate of drug-likeness (QED) is 0.645. The number of carboxylic acids is 1. The molecular formula is C21H31F3N4O5. The summed E-state index contributed by atoms with van der Waals surface area (Å²) in [6.07, 6.45) is -1.29. The first-order chi connectivity index (χ1) is 15.4. The van der Waals surface area contributed by atoms with E-state index in [2.05, 4.69) is 16.9 Å². The van der Waals surface area contributed by atoms with Crippen molar-refractivity contribution in [3.63, 3.8) is 0 Å². The van der Waals surface area contributed by atoms with Crippen LogP contribution in [0.3, 0.4) is 0 Å². The van der Waals surface area contributed by atoms with Crippen LogP contribution in [0.5, 0.6) is 0 Å². The van der Waals surface area contributed by atoms with Gasteiger partial charge in [-0.05, 0) is 32.4 Å². The Morgan fingerprint density at radius 2 is 1.94 bits per heavy atom. The second-order valence-electron chi connectivity index (χ2n) is 8.31. The fourth-order valence-electron chi connectivity index (χ4n) is 4.44. The van der Waals surface area contributed by atoms with Gasteiger partial charge >= 0.3 is 18.1 Å². The number of aromatic nitrogens is 2. The molecule has 0 unspecified atom stereocenters. The van der Waals surface area contributed by atoms with E-state index in [4.69, 9.17) is 14.6 Å². The van der Waals surface area contributed by atoms with Crippen LogP contribution in [0, 0.1) is 11.3 Å². The lowest BCUT2D eigenvalue weighted by Gasteiger charge is -2.31. The van der Waals surface area contributed by atoms with Crippen LogP contribution < -0.4 is 0 Å². The van der Waals surface area contributed by atoms with Crippen molar-refractivity contribution in [2.75, 3.05) is 39.3 Å². The number of ether oxygens (including phenoxy) is 1. The summed E-state index contributed by atoms with van der Waals surface area (Å²) < 4.78 is 38.9.